The maximum Gasteiger partial charge on any atom is 0.361 e. The van der Waals surface area contributed by atoms with E-state index in [2.05, 4.69) is 21.0 Å². The van der Waals surface area contributed by atoms with Gasteiger partial charge in [-0.1, -0.05) is 30.3 Å². The predicted octanol–water partition coefficient (Wildman–Crippen LogP) is 5.16. The number of benzene rings is 3. The zero-order valence-corrected chi connectivity index (χ0v) is 23.4. The number of esters is 1. The number of fused-ring (bicyclic) bond motifs is 1. The van der Waals surface area contributed by atoms with E-state index >= 15 is 4.39 Å². The summed E-state index contributed by atoms with van der Waals surface area (Å²) in [7, 11) is 1.55. The minimum Gasteiger partial charge on any atom is -0.497 e. The molecule has 0 unspecified atom stereocenters. The lowest BCUT2D eigenvalue weighted by Crippen LogP contribution is -2.22. The van der Waals surface area contributed by atoms with E-state index in [1.54, 1.807) is 44.4 Å². The fourth-order valence-corrected chi connectivity index (χ4v) is 5.42. The van der Waals surface area contributed by atoms with Crippen molar-refractivity contribution in [2.24, 2.45) is 0 Å². The molecule has 0 amide bonds. The van der Waals surface area contributed by atoms with Crippen molar-refractivity contribution >= 4 is 17.0 Å². The third-order valence-electron chi connectivity index (χ3n) is 7.50. The Morgan fingerprint density at radius 1 is 1.02 bits per heavy atom. The molecule has 5 aromatic rings. The van der Waals surface area contributed by atoms with Crippen LogP contribution in [-0.4, -0.2) is 57.0 Å². The average Bonchev–Trinajstić information content (AvgIpc) is 3.67. The van der Waals surface area contributed by atoms with Gasteiger partial charge in [-0.3, -0.25) is 14.3 Å². The highest BCUT2D eigenvalue weighted by Gasteiger charge is 2.25. The number of hydrogen-bond donors (Lipinski definition) is 0. The van der Waals surface area contributed by atoms with E-state index in [4.69, 9.17) is 9.47 Å². The molecule has 2 aromatic heterocycles. The number of halogens is 1. The van der Waals surface area contributed by atoms with Crippen molar-refractivity contribution in [3.05, 3.63) is 100 Å². The number of carbonyl (C=O) groups is 1. The van der Waals surface area contributed by atoms with Gasteiger partial charge in [0, 0.05) is 6.54 Å². The third kappa shape index (κ3) is 5.05. The highest BCUT2D eigenvalue weighted by Crippen LogP contribution is 2.29. The smallest absolute Gasteiger partial charge is 0.361 e. The number of carbonyl (C=O) groups excluding carboxylic acids is 1. The van der Waals surface area contributed by atoms with Crippen LogP contribution < -0.4 is 10.3 Å². The zero-order chi connectivity index (χ0) is 29.2. The highest BCUT2D eigenvalue weighted by molar-refractivity contribution is 6.00. The van der Waals surface area contributed by atoms with Gasteiger partial charge in [-0.25, -0.2) is 18.9 Å². The first-order valence-corrected chi connectivity index (χ1v) is 13.9. The van der Waals surface area contributed by atoms with E-state index in [9.17, 15) is 9.59 Å². The van der Waals surface area contributed by atoms with Gasteiger partial charge in [0.1, 0.15) is 23.4 Å². The standard InChI is InChI=1S/C32H30FN5O4/c1-3-42-32(40)29-28-30(38(35-29)23-11-13-24(41-2)14-12-23)31(39)37(20-34-28)27-15-10-21(18-26(27)33)25-9-5-4-8-22(25)19-36-16-6-7-17-36/h4-5,8-15,18,20H,3,6-7,16-17,19H2,1-2H3. The van der Waals surface area contributed by atoms with Gasteiger partial charge in [-0.15, -0.1) is 0 Å². The zero-order valence-electron chi connectivity index (χ0n) is 23.4. The van der Waals surface area contributed by atoms with Crippen molar-refractivity contribution < 1.29 is 18.7 Å². The minimum absolute atomic E-state index is 0.0187. The molecule has 0 radical (unpaired) electrons. The van der Waals surface area contributed by atoms with Gasteiger partial charge in [0.2, 0.25) is 0 Å². The molecule has 1 fully saturated rings. The lowest BCUT2D eigenvalue weighted by molar-refractivity contribution is 0.0521. The molecule has 3 aromatic carbocycles. The number of ether oxygens (including phenoxy) is 2. The molecule has 10 heteroatoms. The van der Waals surface area contributed by atoms with Crippen LogP contribution in [-0.2, 0) is 11.3 Å². The van der Waals surface area contributed by atoms with Gasteiger partial charge in [0.05, 0.1) is 25.1 Å². The molecule has 0 atom stereocenters. The molecular formula is C32H30FN5O4. The summed E-state index contributed by atoms with van der Waals surface area (Å²) in [6.07, 6.45) is 3.60. The fraction of sp³-hybridized carbons (Fsp3) is 0.250. The van der Waals surface area contributed by atoms with Crippen LogP contribution in [0, 0.1) is 5.82 Å². The van der Waals surface area contributed by atoms with Crippen molar-refractivity contribution in [2.45, 2.75) is 26.3 Å². The summed E-state index contributed by atoms with van der Waals surface area (Å²) < 4.78 is 28.6. The molecule has 0 spiro atoms. The van der Waals surface area contributed by atoms with Crippen molar-refractivity contribution in [2.75, 3.05) is 26.8 Å². The number of nitrogens with zero attached hydrogens (tertiary/aromatic N) is 5. The Morgan fingerprint density at radius 2 is 1.79 bits per heavy atom. The average molecular weight is 568 g/mol. The van der Waals surface area contributed by atoms with E-state index in [0.717, 1.165) is 40.9 Å². The number of likely N-dealkylation sites (tertiary alicyclic amines) is 1. The SMILES string of the molecule is CCOC(=O)c1nn(-c2ccc(OC)cc2)c2c(=O)n(-c3ccc(-c4ccccc4CN4CCCC4)cc3F)cnc12. The van der Waals surface area contributed by atoms with Gasteiger partial charge in [-0.2, -0.15) is 5.10 Å². The summed E-state index contributed by atoms with van der Waals surface area (Å²) in [5.41, 5.74) is 2.74. The molecule has 1 aliphatic rings. The summed E-state index contributed by atoms with van der Waals surface area (Å²) in [5, 5.41) is 4.38. The summed E-state index contributed by atoms with van der Waals surface area (Å²) in [6, 6.07) is 19.7. The Balaban J connectivity index is 1.44. The molecular weight excluding hydrogens is 537 g/mol. The van der Waals surface area contributed by atoms with Crippen LogP contribution in [0.15, 0.2) is 77.9 Å². The number of rotatable bonds is 8. The maximum atomic E-state index is 15.8. The molecule has 3 heterocycles. The molecule has 9 nitrogen and oxygen atoms in total. The Kier molecular flexibility index (Phi) is 7.54. The van der Waals surface area contributed by atoms with Crippen molar-refractivity contribution in [3.63, 3.8) is 0 Å². The number of hydrogen-bond acceptors (Lipinski definition) is 7. The van der Waals surface area contributed by atoms with Crippen LogP contribution in [0.5, 0.6) is 5.75 Å². The first-order chi connectivity index (χ1) is 20.5. The van der Waals surface area contributed by atoms with E-state index < -0.39 is 17.3 Å². The van der Waals surface area contributed by atoms with E-state index in [-0.39, 0.29) is 29.0 Å². The second-order valence-corrected chi connectivity index (χ2v) is 10.1. The van der Waals surface area contributed by atoms with Crippen LogP contribution in [0.2, 0.25) is 0 Å². The van der Waals surface area contributed by atoms with E-state index in [1.165, 1.54) is 29.9 Å². The van der Waals surface area contributed by atoms with Gasteiger partial charge < -0.3 is 9.47 Å². The quantitative estimate of drug-likeness (QED) is 0.239. The summed E-state index contributed by atoms with van der Waals surface area (Å²) in [4.78, 5) is 33.4. The molecule has 0 N–H and O–H groups in total. The molecule has 0 bridgehead atoms. The largest absolute Gasteiger partial charge is 0.497 e. The first-order valence-electron chi connectivity index (χ1n) is 13.9. The van der Waals surface area contributed by atoms with Gasteiger partial charge >= 0.3 is 5.97 Å². The monoisotopic (exact) mass is 567 g/mol. The third-order valence-corrected chi connectivity index (χ3v) is 7.50. The van der Waals surface area contributed by atoms with Crippen LogP contribution in [0.4, 0.5) is 4.39 Å². The molecule has 1 saturated heterocycles. The lowest BCUT2D eigenvalue weighted by Gasteiger charge is -2.18. The second kappa shape index (κ2) is 11.6. The van der Waals surface area contributed by atoms with Crippen LogP contribution in [0.1, 0.15) is 35.8 Å². The topological polar surface area (TPSA) is 91.5 Å². The minimum atomic E-state index is -0.706. The maximum absolute atomic E-state index is 15.8. The van der Waals surface area contributed by atoms with E-state index in [0.29, 0.717) is 11.4 Å². The number of aromatic nitrogens is 4. The van der Waals surface area contributed by atoms with Crippen LogP contribution in [0.3, 0.4) is 0 Å². The summed E-state index contributed by atoms with van der Waals surface area (Å²) in [5.74, 6) is -0.670. The number of methoxy groups -OCH3 is 1. The Bertz CT molecular complexity index is 1820. The Hall–Kier alpha value is -4.83. The second-order valence-electron chi connectivity index (χ2n) is 10.1. The molecule has 6 rings (SSSR count). The predicted molar refractivity (Wildman–Crippen MR) is 157 cm³/mol. The first kappa shape index (κ1) is 27.3. The lowest BCUT2D eigenvalue weighted by atomic mass is 9.99. The fourth-order valence-electron chi connectivity index (χ4n) is 5.42. The normalized spacial score (nSPS) is 13.5. The van der Waals surface area contributed by atoms with Gasteiger partial charge in [-0.05, 0) is 85.9 Å². The molecule has 0 aliphatic carbocycles. The van der Waals surface area contributed by atoms with E-state index in [1.807, 2.05) is 24.3 Å². The summed E-state index contributed by atoms with van der Waals surface area (Å²) in [6.45, 7) is 4.73. The van der Waals surface area contributed by atoms with Gasteiger partial charge in [0.25, 0.3) is 5.56 Å². The van der Waals surface area contributed by atoms with Crippen molar-refractivity contribution in [1.82, 2.24) is 24.2 Å². The van der Waals surface area contributed by atoms with Crippen LogP contribution >= 0.6 is 0 Å². The summed E-state index contributed by atoms with van der Waals surface area (Å²) >= 11 is 0. The van der Waals surface area contributed by atoms with Crippen molar-refractivity contribution in [3.8, 4) is 28.3 Å². The molecule has 42 heavy (non-hydrogen) atoms. The molecule has 0 saturated carbocycles. The van der Waals surface area contributed by atoms with Crippen molar-refractivity contribution in [1.29, 1.82) is 0 Å². The molecule has 214 valence electrons. The highest BCUT2D eigenvalue weighted by atomic mass is 19.1. The van der Waals surface area contributed by atoms with Gasteiger partial charge in [0.15, 0.2) is 11.2 Å². The van der Waals surface area contributed by atoms with Crippen LogP contribution in [0.25, 0.3) is 33.5 Å². The molecule has 1 aliphatic heterocycles. The Morgan fingerprint density at radius 3 is 2.50 bits per heavy atom. The Labute approximate surface area is 241 Å².